The van der Waals surface area contributed by atoms with E-state index in [1.54, 1.807) is 35.4 Å². The molecule has 0 bridgehead atoms. The van der Waals surface area contributed by atoms with Crippen LogP contribution in [-0.2, 0) is 23.1 Å². The largest absolute Gasteiger partial charge is 0.490 e. The third kappa shape index (κ3) is 5.06. The van der Waals surface area contributed by atoms with Crippen molar-refractivity contribution in [3.63, 3.8) is 0 Å². The van der Waals surface area contributed by atoms with Crippen LogP contribution in [0.3, 0.4) is 0 Å². The van der Waals surface area contributed by atoms with Gasteiger partial charge in [-0.3, -0.25) is 14.6 Å². The van der Waals surface area contributed by atoms with Crippen molar-refractivity contribution in [2.24, 2.45) is 7.05 Å². The molecule has 1 amide bonds. The van der Waals surface area contributed by atoms with Gasteiger partial charge in [0, 0.05) is 53.2 Å². The Balaban J connectivity index is 1.72. The van der Waals surface area contributed by atoms with Crippen molar-refractivity contribution in [2.45, 2.75) is 6.54 Å². The minimum Gasteiger partial charge on any atom is -0.490 e. The SMILES string of the molecule is C=CC(=O)NCc1cc(-c2nc(-c3cnn(C)c3)c3ccsc3c2-c2ccc(F)cc2OCCOC)n[nH]1. The van der Waals surface area contributed by atoms with Gasteiger partial charge in [0.05, 0.1) is 30.7 Å². The Morgan fingerprint density at radius 2 is 2.13 bits per heavy atom. The Hall–Kier alpha value is -4.35. The fourth-order valence-electron chi connectivity index (χ4n) is 4.11. The van der Waals surface area contributed by atoms with Gasteiger partial charge in [-0.2, -0.15) is 10.2 Å². The predicted molar refractivity (Wildman–Crippen MR) is 144 cm³/mol. The van der Waals surface area contributed by atoms with Crippen LogP contribution < -0.4 is 10.1 Å². The van der Waals surface area contributed by atoms with Gasteiger partial charge in [-0.15, -0.1) is 11.3 Å². The van der Waals surface area contributed by atoms with Crippen LogP contribution in [0.4, 0.5) is 4.39 Å². The molecule has 11 heteroatoms. The zero-order valence-electron chi connectivity index (χ0n) is 20.8. The first kappa shape index (κ1) is 25.3. The third-order valence-electron chi connectivity index (χ3n) is 5.86. The Bertz CT molecular complexity index is 1620. The Labute approximate surface area is 221 Å². The van der Waals surface area contributed by atoms with E-state index in [9.17, 15) is 9.18 Å². The number of fused-ring (bicyclic) bond motifs is 1. The standard InChI is InChI=1S/C27H25FN6O3S/c1-4-23(35)29-14-18-12-21(33-32-18)26-24(19-6-5-17(28)11-22(19)37-9-8-36-3)27-20(7-10-38-27)25(31-26)16-13-30-34(2)15-16/h4-7,10-13,15H,1,8-9,14H2,2-3H3,(H,29,35)(H,32,33). The van der Waals surface area contributed by atoms with Crippen molar-refractivity contribution < 1.29 is 18.7 Å². The second-order valence-corrected chi connectivity index (χ2v) is 9.35. The first-order chi connectivity index (χ1) is 18.5. The quantitative estimate of drug-likeness (QED) is 0.199. The number of benzene rings is 1. The number of aryl methyl sites for hydroxylation is 1. The summed E-state index contributed by atoms with van der Waals surface area (Å²) in [5, 5.41) is 17.5. The lowest BCUT2D eigenvalue weighted by Gasteiger charge is -2.16. The zero-order chi connectivity index (χ0) is 26.6. The van der Waals surface area contributed by atoms with Crippen molar-refractivity contribution in [3.05, 3.63) is 72.3 Å². The molecule has 0 unspecified atom stereocenters. The Morgan fingerprint density at radius 3 is 2.89 bits per heavy atom. The molecule has 0 atom stereocenters. The predicted octanol–water partition coefficient (Wildman–Crippen LogP) is 4.72. The van der Waals surface area contributed by atoms with Crippen LogP contribution in [-0.4, -0.2) is 51.2 Å². The first-order valence-corrected chi connectivity index (χ1v) is 12.6. The van der Waals surface area contributed by atoms with Gasteiger partial charge in [-0.05, 0) is 35.7 Å². The molecule has 0 aliphatic rings. The van der Waals surface area contributed by atoms with Crippen LogP contribution in [0, 0.1) is 5.82 Å². The van der Waals surface area contributed by atoms with E-state index in [1.165, 1.54) is 18.2 Å². The number of H-pyrrole nitrogens is 1. The molecular weight excluding hydrogens is 507 g/mol. The maximum Gasteiger partial charge on any atom is 0.243 e. The number of aromatic nitrogens is 5. The lowest BCUT2D eigenvalue weighted by Crippen LogP contribution is -2.20. The summed E-state index contributed by atoms with van der Waals surface area (Å²) in [5.41, 5.74) is 4.89. The van der Waals surface area contributed by atoms with Gasteiger partial charge in [0.15, 0.2) is 0 Å². The van der Waals surface area contributed by atoms with Crippen molar-refractivity contribution in [3.8, 4) is 39.5 Å². The number of carbonyl (C=O) groups is 1. The number of carbonyl (C=O) groups excluding carboxylic acids is 1. The normalized spacial score (nSPS) is 11.1. The highest BCUT2D eigenvalue weighted by atomic mass is 32.1. The number of halogens is 1. The van der Waals surface area contributed by atoms with Gasteiger partial charge in [0.25, 0.3) is 0 Å². The Morgan fingerprint density at radius 1 is 1.26 bits per heavy atom. The second kappa shape index (κ2) is 11.0. The smallest absolute Gasteiger partial charge is 0.243 e. The summed E-state index contributed by atoms with van der Waals surface area (Å²) < 4.78 is 28.1. The second-order valence-electron chi connectivity index (χ2n) is 8.43. The molecule has 5 rings (SSSR count). The number of aromatic amines is 1. The van der Waals surface area contributed by atoms with Crippen LogP contribution >= 0.6 is 11.3 Å². The number of pyridine rings is 1. The number of ether oxygens (including phenoxy) is 2. The molecule has 4 aromatic heterocycles. The molecule has 5 aromatic rings. The average molecular weight is 533 g/mol. The van der Waals surface area contributed by atoms with Crippen LogP contribution in [0.15, 0.2) is 60.8 Å². The van der Waals surface area contributed by atoms with Crippen molar-refractivity contribution in [1.82, 2.24) is 30.3 Å². The summed E-state index contributed by atoms with van der Waals surface area (Å²) in [6, 6.07) is 8.30. The fourth-order valence-corrected chi connectivity index (χ4v) is 5.07. The number of nitrogens with one attached hydrogen (secondary N) is 2. The van der Waals surface area contributed by atoms with E-state index in [1.807, 2.05) is 30.8 Å². The summed E-state index contributed by atoms with van der Waals surface area (Å²) >= 11 is 1.55. The molecular formula is C27H25FN6O3S. The number of thiophene rings is 1. The fraction of sp³-hybridized carbons (Fsp3) is 0.185. The van der Waals surface area contributed by atoms with Crippen LogP contribution in [0.2, 0.25) is 0 Å². The summed E-state index contributed by atoms with van der Waals surface area (Å²) in [6.07, 6.45) is 4.88. The van der Waals surface area contributed by atoms with Crippen molar-refractivity contribution in [2.75, 3.05) is 20.3 Å². The maximum atomic E-state index is 14.3. The van der Waals surface area contributed by atoms with E-state index in [2.05, 4.69) is 27.2 Å². The molecule has 194 valence electrons. The monoisotopic (exact) mass is 532 g/mol. The van der Waals surface area contributed by atoms with E-state index in [4.69, 9.17) is 14.5 Å². The highest BCUT2D eigenvalue weighted by Crippen LogP contribution is 2.45. The van der Waals surface area contributed by atoms with Crippen LogP contribution in [0.1, 0.15) is 5.69 Å². The van der Waals surface area contributed by atoms with Crippen molar-refractivity contribution in [1.29, 1.82) is 0 Å². The summed E-state index contributed by atoms with van der Waals surface area (Å²) in [6.45, 7) is 4.33. The number of hydrogen-bond acceptors (Lipinski definition) is 7. The molecule has 9 nitrogen and oxygen atoms in total. The highest BCUT2D eigenvalue weighted by Gasteiger charge is 2.24. The molecule has 2 N–H and O–H groups in total. The lowest BCUT2D eigenvalue weighted by molar-refractivity contribution is -0.116. The molecule has 0 aliphatic carbocycles. The molecule has 38 heavy (non-hydrogen) atoms. The average Bonchev–Trinajstić information content (AvgIpc) is 3.68. The van der Waals surface area contributed by atoms with Gasteiger partial charge >= 0.3 is 0 Å². The molecule has 0 saturated carbocycles. The summed E-state index contributed by atoms with van der Waals surface area (Å²) in [4.78, 5) is 16.7. The summed E-state index contributed by atoms with van der Waals surface area (Å²) in [5.74, 6) is -0.323. The molecule has 0 spiro atoms. The molecule has 1 aromatic carbocycles. The number of hydrogen-bond donors (Lipinski definition) is 2. The molecule has 0 radical (unpaired) electrons. The van der Waals surface area contributed by atoms with E-state index < -0.39 is 5.82 Å². The van der Waals surface area contributed by atoms with E-state index in [-0.39, 0.29) is 19.1 Å². The number of rotatable bonds is 10. The molecule has 0 saturated heterocycles. The number of nitrogens with zero attached hydrogens (tertiary/aromatic N) is 4. The number of methoxy groups -OCH3 is 1. The van der Waals surface area contributed by atoms with Crippen LogP contribution in [0.5, 0.6) is 5.75 Å². The van der Waals surface area contributed by atoms with Gasteiger partial charge in [-0.1, -0.05) is 6.58 Å². The number of amides is 1. The van der Waals surface area contributed by atoms with Gasteiger partial charge in [0.1, 0.15) is 29.6 Å². The third-order valence-corrected chi connectivity index (χ3v) is 6.79. The van der Waals surface area contributed by atoms with Gasteiger partial charge < -0.3 is 14.8 Å². The molecule has 0 aliphatic heterocycles. The highest BCUT2D eigenvalue weighted by molar-refractivity contribution is 7.18. The topological polar surface area (TPSA) is 107 Å². The van der Waals surface area contributed by atoms with E-state index in [0.29, 0.717) is 35.0 Å². The minimum atomic E-state index is -0.412. The van der Waals surface area contributed by atoms with Gasteiger partial charge in [0.2, 0.25) is 5.91 Å². The van der Waals surface area contributed by atoms with E-state index >= 15 is 0 Å². The summed E-state index contributed by atoms with van der Waals surface area (Å²) in [7, 11) is 3.43. The molecule has 0 fully saturated rings. The maximum absolute atomic E-state index is 14.3. The van der Waals surface area contributed by atoms with Gasteiger partial charge in [-0.25, -0.2) is 9.37 Å². The lowest BCUT2D eigenvalue weighted by atomic mass is 9.97. The molecule has 4 heterocycles. The van der Waals surface area contributed by atoms with Crippen molar-refractivity contribution >= 4 is 27.3 Å². The minimum absolute atomic E-state index is 0.242. The van der Waals surface area contributed by atoms with E-state index in [0.717, 1.165) is 26.9 Å². The zero-order valence-corrected chi connectivity index (χ0v) is 21.6. The van der Waals surface area contributed by atoms with Crippen LogP contribution in [0.25, 0.3) is 43.9 Å². The first-order valence-electron chi connectivity index (χ1n) is 11.7. The Kier molecular flexibility index (Phi) is 7.29.